The second kappa shape index (κ2) is 13.6. The minimum Gasteiger partial charge on any atom is -0.481 e. The molecule has 2 N–H and O–H groups in total. The molecule has 0 saturated heterocycles. The average molecular weight is 534 g/mol. The van der Waals surface area contributed by atoms with Gasteiger partial charge in [0.15, 0.2) is 11.6 Å². The van der Waals surface area contributed by atoms with Crippen LogP contribution >= 0.6 is 23.2 Å². The molecule has 2 aromatic carbocycles. The summed E-state index contributed by atoms with van der Waals surface area (Å²) in [5.74, 6) is -1.59. The first-order chi connectivity index (χ1) is 17.3. The minimum absolute atomic E-state index is 0.144. The van der Waals surface area contributed by atoms with Gasteiger partial charge in [-0.25, -0.2) is 4.79 Å². The Balaban J connectivity index is 1.49. The van der Waals surface area contributed by atoms with E-state index in [1.807, 2.05) is 30.3 Å². The number of aromatic nitrogens is 4. The fourth-order valence-corrected chi connectivity index (χ4v) is 3.90. The quantitative estimate of drug-likeness (QED) is 0.317. The number of hydrogen-bond acceptors (Lipinski definition) is 7. The van der Waals surface area contributed by atoms with Crippen molar-refractivity contribution in [3.63, 3.8) is 0 Å². The van der Waals surface area contributed by atoms with E-state index in [1.54, 1.807) is 18.2 Å². The molecule has 0 spiro atoms. The Bertz CT molecular complexity index is 1170. The molecule has 1 aromatic heterocycles. The Morgan fingerprint density at radius 1 is 1.03 bits per heavy atom. The van der Waals surface area contributed by atoms with Gasteiger partial charge in [-0.2, -0.15) is 4.80 Å². The van der Waals surface area contributed by atoms with E-state index in [1.165, 1.54) is 5.56 Å². The van der Waals surface area contributed by atoms with E-state index in [-0.39, 0.29) is 18.9 Å². The highest BCUT2D eigenvalue weighted by Crippen LogP contribution is 2.25. The van der Waals surface area contributed by atoms with Crippen molar-refractivity contribution in [3.8, 4) is 0 Å². The number of ketones is 1. The lowest BCUT2D eigenvalue weighted by atomic mass is 10.1. The molecule has 1 atom stereocenters. The largest absolute Gasteiger partial charge is 0.481 e. The van der Waals surface area contributed by atoms with Gasteiger partial charge in [0.2, 0.25) is 0 Å². The number of carboxylic acid groups (broad SMARTS) is 1. The van der Waals surface area contributed by atoms with E-state index in [0.29, 0.717) is 22.0 Å². The molecule has 1 amide bonds. The van der Waals surface area contributed by atoms with Crippen molar-refractivity contribution in [2.45, 2.75) is 44.7 Å². The maximum Gasteiger partial charge on any atom is 0.407 e. The van der Waals surface area contributed by atoms with Gasteiger partial charge in [0.25, 0.3) is 0 Å². The van der Waals surface area contributed by atoms with E-state index in [2.05, 4.69) is 20.7 Å². The lowest BCUT2D eigenvalue weighted by molar-refractivity contribution is -0.139. The van der Waals surface area contributed by atoms with E-state index in [9.17, 15) is 14.4 Å². The summed E-state index contributed by atoms with van der Waals surface area (Å²) in [4.78, 5) is 37.1. The number of tetrazole rings is 1. The Hall–Kier alpha value is -3.50. The van der Waals surface area contributed by atoms with Gasteiger partial charge in [0, 0.05) is 16.5 Å². The lowest BCUT2D eigenvalue weighted by Gasteiger charge is -2.15. The molecule has 0 fully saturated rings. The highest BCUT2D eigenvalue weighted by molar-refractivity contribution is 6.36. The highest BCUT2D eigenvalue weighted by Gasteiger charge is 2.25. The van der Waals surface area contributed by atoms with Crippen molar-refractivity contribution in [1.82, 2.24) is 25.5 Å². The van der Waals surface area contributed by atoms with Gasteiger partial charge >= 0.3 is 12.1 Å². The molecule has 1 heterocycles. The Labute approximate surface area is 217 Å². The zero-order chi connectivity index (χ0) is 25.9. The molecular formula is C24H25Cl2N5O5. The van der Waals surface area contributed by atoms with Crippen LogP contribution in [0.3, 0.4) is 0 Å². The van der Waals surface area contributed by atoms with Crippen molar-refractivity contribution < 1.29 is 24.2 Å². The first-order valence-corrected chi connectivity index (χ1v) is 12.0. The van der Waals surface area contributed by atoms with E-state index in [4.69, 9.17) is 33.0 Å². The molecule has 1 unspecified atom stereocenters. The molecule has 3 aromatic rings. The molecular weight excluding hydrogens is 509 g/mol. The number of rotatable bonds is 13. The van der Waals surface area contributed by atoms with Crippen LogP contribution in [0.1, 0.15) is 36.2 Å². The number of aliphatic carboxylic acids is 1. The van der Waals surface area contributed by atoms with Gasteiger partial charge in [-0.05, 0) is 47.7 Å². The van der Waals surface area contributed by atoms with Crippen molar-refractivity contribution in [3.05, 3.63) is 75.5 Å². The van der Waals surface area contributed by atoms with Gasteiger partial charge in [0.05, 0.1) is 13.0 Å². The molecule has 36 heavy (non-hydrogen) atoms. The Kier molecular flexibility index (Phi) is 10.2. The molecule has 12 heteroatoms. The predicted octanol–water partition coefficient (Wildman–Crippen LogP) is 3.73. The maximum absolute atomic E-state index is 12.7. The smallest absolute Gasteiger partial charge is 0.407 e. The summed E-state index contributed by atoms with van der Waals surface area (Å²) in [7, 11) is 0. The predicted molar refractivity (Wildman–Crippen MR) is 132 cm³/mol. The second-order valence-corrected chi connectivity index (χ2v) is 8.77. The summed E-state index contributed by atoms with van der Waals surface area (Å²) in [6.45, 7) is -0.246. The number of benzene rings is 2. The number of carboxylic acids is 1. The van der Waals surface area contributed by atoms with Crippen molar-refractivity contribution >= 4 is 41.0 Å². The summed E-state index contributed by atoms with van der Waals surface area (Å²) in [5.41, 5.74) is 1.80. The van der Waals surface area contributed by atoms with Crippen LogP contribution in [-0.2, 0) is 33.7 Å². The normalized spacial score (nSPS) is 11.6. The van der Waals surface area contributed by atoms with Crippen LogP contribution < -0.4 is 5.32 Å². The third-order valence-electron chi connectivity index (χ3n) is 5.18. The summed E-state index contributed by atoms with van der Waals surface area (Å²) < 4.78 is 5.11. The average Bonchev–Trinajstić information content (AvgIpc) is 3.28. The number of ether oxygens (including phenoxy) is 1. The Morgan fingerprint density at radius 3 is 2.44 bits per heavy atom. The molecule has 0 radical (unpaired) electrons. The van der Waals surface area contributed by atoms with Gasteiger partial charge in [-0.3, -0.25) is 9.59 Å². The monoisotopic (exact) mass is 533 g/mol. The topological polar surface area (TPSA) is 136 Å². The lowest BCUT2D eigenvalue weighted by Crippen LogP contribution is -2.44. The molecule has 3 rings (SSSR count). The van der Waals surface area contributed by atoms with E-state index >= 15 is 0 Å². The minimum atomic E-state index is -1.31. The van der Waals surface area contributed by atoms with Crippen molar-refractivity contribution in [2.24, 2.45) is 0 Å². The number of nitrogens with zero attached hydrogens (tertiary/aromatic N) is 4. The highest BCUT2D eigenvalue weighted by atomic mass is 35.5. The number of carbonyl (C=O) groups is 3. The first kappa shape index (κ1) is 27.1. The second-order valence-electron chi connectivity index (χ2n) is 7.95. The zero-order valence-electron chi connectivity index (χ0n) is 19.3. The summed E-state index contributed by atoms with van der Waals surface area (Å²) in [6, 6.07) is 13.7. The van der Waals surface area contributed by atoms with Crippen LogP contribution in [0.25, 0.3) is 0 Å². The number of hydrogen-bond donors (Lipinski definition) is 2. The first-order valence-electron chi connectivity index (χ1n) is 11.2. The third-order valence-corrected chi connectivity index (χ3v) is 5.89. The van der Waals surface area contributed by atoms with Gasteiger partial charge < -0.3 is 15.2 Å². The van der Waals surface area contributed by atoms with Crippen LogP contribution in [0.2, 0.25) is 10.0 Å². The Morgan fingerprint density at radius 2 is 1.75 bits per heavy atom. The molecule has 0 aliphatic rings. The molecule has 0 aliphatic heterocycles. The standard InChI is InChI=1S/C24H25Cl2N5O5/c25-18-10-6-11-19(26)17(18)13-22-28-30-31(29-22)15-21(32)20(14-23(33)34)27-24(35)36-12-5-4-9-16-7-2-1-3-8-16/h1-3,6-8,10-11,20H,4-5,9,12-15H2,(H,27,35)(H,33,34). The molecule has 10 nitrogen and oxygen atoms in total. The summed E-state index contributed by atoms with van der Waals surface area (Å²) in [6.07, 6.45) is 1.01. The van der Waals surface area contributed by atoms with E-state index in [0.717, 1.165) is 17.6 Å². The number of halogens is 2. The fraction of sp³-hybridized carbons (Fsp3) is 0.333. The maximum atomic E-state index is 12.7. The number of Topliss-reactive ketones (excluding diaryl/α,β-unsaturated/α-hetero) is 1. The van der Waals surface area contributed by atoms with Crippen LogP contribution in [0.15, 0.2) is 48.5 Å². The van der Waals surface area contributed by atoms with Crippen LogP contribution in [-0.4, -0.2) is 55.8 Å². The fourth-order valence-electron chi connectivity index (χ4n) is 3.37. The SMILES string of the molecule is O=C(O)CC(NC(=O)OCCCCc1ccccc1)C(=O)Cn1nnc(Cc2c(Cl)cccc2Cl)n1. The van der Waals surface area contributed by atoms with Gasteiger partial charge in [-0.15, -0.1) is 10.2 Å². The molecule has 190 valence electrons. The number of amides is 1. The molecule has 0 bridgehead atoms. The van der Waals surface area contributed by atoms with Crippen LogP contribution in [0.5, 0.6) is 0 Å². The van der Waals surface area contributed by atoms with Crippen molar-refractivity contribution in [1.29, 1.82) is 0 Å². The van der Waals surface area contributed by atoms with Crippen molar-refractivity contribution in [2.75, 3.05) is 6.61 Å². The number of alkyl carbamates (subject to hydrolysis) is 1. The number of nitrogens with one attached hydrogen (secondary N) is 1. The van der Waals surface area contributed by atoms with Gasteiger partial charge in [0.1, 0.15) is 12.6 Å². The number of unbranched alkanes of at least 4 members (excludes halogenated alkanes) is 1. The third kappa shape index (κ3) is 8.62. The van der Waals surface area contributed by atoms with Crippen LogP contribution in [0, 0.1) is 0 Å². The molecule has 0 saturated carbocycles. The van der Waals surface area contributed by atoms with E-state index < -0.39 is 36.9 Å². The zero-order valence-corrected chi connectivity index (χ0v) is 20.8. The van der Waals surface area contributed by atoms with Gasteiger partial charge in [-0.1, -0.05) is 59.6 Å². The summed E-state index contributed by atoms with van der Waals surface area (Å²) in [5, 5.41) is 24.2. The summed E-state index contributed by atoms with van der Waals surface area (Å²) >= 11 is 12.3. The number of carbonyl (C=O) groups excluding carboxylic acids is 2. The van der Waals surface area contributed by atoms with Crippen LogP contribution in [0.4, 0.5) is 4.79 Å². The number of aryl methyl sites for hydroxylation is 1. The molecule has 0 aliphatic carbocycles.